The summed E-state index contributed by atoms with van der Waals surface area (Å²) in [6.45, 7) is 3.40. The smallest absolute Gasteiger partial charge is 0.180 e. The number of aromatic nitrogens is 2. The van der Waals surface area contributed by atoms with Crippen LogP contribution in [0, 0.1) is 0 Å². The van der Waals surface area contributed by atoms with Gasteiger partial charge in [-0.1, -0.05) is 11.6 Å². The molecule has 1 aromatic carbocycles. The van der Waals surface area contributed by atoms with Crippen LogP contribution in [0.3, 0.4) is 0 Å². The highest BCUT2D eigenvalue weighted by Gasteiger charge is 2.19. The molecule has 0 bridgehead atoms. The zero-order valence-corrected chi connectivity index (χ0v) is 11.6. The average Bonchev–Trinajstić information content (AvgIpc) is 2.97. The van der Waals surface area contributed by atoms with Crippen molar-refractivity contribution >= 4 is 28.3 Å². The first-order valence-corrected chi connectivity index (χ1v) is 6.93. The van der Waals surface area contributed by atoms with Gasteiger partial charge in [0.05, 0.1) is 12.1 Å². The number of nitrogens with zero attached hydrogens (tertiary/aromatic N) is 2. The largest absolute Gasteiger partial charge is 0.312 e. The summed E-state index contributed by atoms with van der Waals surface area (Å²) in [5, 5.41) is 9.39. The van der Waals surface area contributed by atoms with Crippen LogP contribution < -0.4 is 5.32 Å². The molecule has 2 heterocycles. The third-order valence-corrected chi connectivity index (χ3v) is 3.84. The molecule has 4 nitrogen and oxygen atoms in total. The first-order chi connectivity index (χ1) is 9.15. The maximum Gasteiger partial charge on any atom is 0.180 e. The van der Waals surface area contributed by atoms with Crippen molar-refractivity contribution in [3.63, 3.8) is 0 Å². The summed E-state index contributed by atoms with van der Waals surface area (Å²) in [5.74, 6) is -0.0228. The van der Waals surface area contributed by atoms with Crippen LogP contribution >= 0.6 is 11.6 Å². The van der Waals surface area contributed by atoms with Crippen LogP contribution in [0.5, 0.6) is 0 Å². The highest BCUT2D eigenvalue weighted by Crippen LogP contribution is 2.24. The van der Waals surface area contributed by atoms with Gasteiger partial charge < -0.3 is 5.32 Å². The first-order valence-electron chi connectivity index (χ1n) is 6.55. The number of nitrogens with one attached hydrogen (secondary N) is 1. The van der Waals surface area contributed by atoms with Crippen LogP contribution in [0.2, 0.25) is 5.02 Å². The van der Waals surface area contributed by atoms with Crippen molar-refractivity contribution in [2.75, 3.05) is 6.54 Å². The van der Waals surface area contributed by atoms with E-state index in [1.165, 1.54) is 6.42 Å². The number of halogens is 1. The Labute approximate surface area is 116 Å². The molecular weight excluding hydrogens is 262 g/mol. The third-order valence-electron chi connectivity index (χ3n) is 3.60. The van der Waals surface area contributed by atoms with Gasteiger partial charge in [-0.2, -0.15) is 5.10 Å². The number of hydrogen-bond acceptors (Lipinski definition) is 3. The second-order valence-corrected chi connectivity index (χ2v) is 5.48. The number of carbonyl (C=O) groups is 1. The van der Waals surface area contributed by atoms with Crippen molar-refractivity contribution in [3.8, 4) is 0 Å². The van der Waals surface area contributed by atoms with Crippen molar-refractivity contribution in [1.82, 2.24) is 15.1 Å². The van der Waals surface area contributed by atoms with E-state index in [0.717, 1.165) is 30.4 Å². The maximum absolute atomic E-state index is 11.7. The lowest BCUT2D eigenvalue weighted by Gasteiger charge is -2.10. The third kappa shape index (κ3) is 2.38. The number of rotatable bonds is 3. The van der Waals surface area contributed by atoms with E-state index in [-0.39, 0.29) is 5.78 Å². The molecule has 3 rings (SSSR count). The molecule has 5 heteroatoms. The molecule has 1 N–H and O–H groups in total. The lowest BCUT2D eigenvalue weighted by Crippen LogP contribution is -2.27. The van der Waals surface area contributed by atoms with Gasteiger partial charge in [0, 0.05) is 23.4 Å². The van der Waals surface area contributed by atoms with E-state index in [2.05, 4.69) is 10.4 Å². The van der Waals surface area contributed by atoms with Gasteiger partial charge in [0.1, 0.15) is 5.69 Å². The molecular formula is C14H16ClN3O. The zero-order chi connectivity index (χ0) is 13.4. The topological polar surface area (TPSA) is 46.9 Å². The van der Waals surface area contributed by atoms with E-state index in [9.17, 15) is 4.79 Å². The molecule has 0 radical (unpaired) electrons. The van der Waals surface area contributed by atoms with Gasteiger partial charge in [-0.25, -0.2) is 0 Å². The van der Waals surface area contributed by atoms with Gasteiger partial charge in [-0.15, -0.1) is 0 Å². The summed E-state index contributed by atoms with van der Waals surface area (Å²) < 4.78 is 1.92. The molecule has 1 aliphatic rings. The van der Waals surface area contributed by atoms with E-state index in [0.29, 0.717) is 16.8 Å². The van der Waals surface area contributed by atoms with Crippen LogP contribution in [-0.2, 0) is 6.54 Å². The van der Waals surface area contributed by atoms with E-state index >= 15 is 0 Å². The summed E-state index contributed by atoms with van der Waals surface area (Å²) in [7, 11) is 0. The average molecular weight is 278 g/mol. The predicted octanol–water partition coefficient (Wildman–Crippen LogP) is 2.64. The minimum Gasteiger partial charge on any atom is -0.312 e. The van der Waals surface area contributed by atoms with E-state index in [4.69, 9.17) is 11.6 Å². The SMILES string of the molecule is CC(=O)c1nn(C[C@@H]2CCCN2)c2ccc(Cl)cc12. The number of ketones is 1. The normalized spacial score (nSPS) is 19.2. The molecule has 19 heavy (non-hydrogen) atoms. The highest BCUT2D eigenvalue weighted by atomic mass is 35.5. The molecule has 1 aliphatic heterocycles. The van der Waals surface area contributed by atoms with Crippen LogP contribution in [-0.4, -0.2) is 28.2 Å². The number of carbonyl (C=O) groups excluding carboxylic acids is 1. The molecule has 1 saturated heterocycles. The van der Waals surface area contributed by atoms with Crippen molar-refractivity contribution in [3.05, 3.63) is 28.9 Å². The quantitative estimate of drug-likeness (QED) is 0.878. The van der Waals surface area contributed by atoms with E-state index in [1.54, 1.807) is 6.92 Å². The minimum absolute atomic E-state index is 0.0228. The second-order valence-electron chi connectivity index (χ2n) is 5.04. The predicted molar refractivity (Wildman–Crippen MR) is 75.8 cm³/mol. The zero-order valence-electron chi connectivity index (χ0n) is 10.8. The van der Waals surface area contributed by atoms with Crippen molar-refractivity contribution in [2.45, 2.75) is 32.4 Å². The fourth-order valence-electron chi connectivity index (χ4n) is 2.67. The van der Waals surface area contributed by atoms with Gasteiger partial charge in [0.15, 0.2) is 5.78 Å². The Morgan fingerprint density at radius 2 is 2.42 bits per heavy atom. The lowest BCUT2D eigenvalue weighted by molar-refractivity contribution is 0.101. The Bertz CT molecular complexity index is 629. The van der Waals surface area contributed by atoms with E-state index < -0.39 is 0 Å². The fraction of sp³-hybridized carbons (Fsp3) is 0.429. The highest BCUT2D eigenvalue weighted by molar-refractivity contribution is 6.31. The van der Waals surface area contributed by atoms with Crippen LogP contribution in [0.1, 0.15) is 30.3 Å². The summed E-state index contributed by atoms with van der Waals surface area (Å²) in [4.78, 5) is 11.7. The van der Waals surface area contributed by atoms with Gasteiger partial charge in [-0.3, -0.25) is 9.48 Å². The Morgan fingerprint density at radius 1 is 1.58 bits per heavy atom. The van der Waals surface area contributed by atoms with Crippen LogP contribution in [0.25, 0.3) is 10.9 Å². The number of Topliss-reactive ketones (excluding diaryl/α,β-unsaturated/α-hetero) is 1. The molecule has 0 aliphatic carbocycles. The molecule has 1 fully saturated rings. The first kappa shape index (κ1) is 12.6. The minimum atomic E-state index is -0.0228. The molecule has 1 atom stereocenters. The van der Waals surface area contributed by atoms with E-state index in [1.807, 2.05) is 22.9 Å². The van der Waals surface area contributed by atoms with Crippen molar-refractivity contribution in [2.24, 2.45) is 0 Å². The Morgan fingerprint density at radius 3 is 3.11 bits per heavy atom. The molecule has 0 amide bonds. The molecule has 100 valence electrons. The standard InChI is InChI=1S/C14H16ClN3O/c1-9(19)14-12-7-10(15)4-5-13(12)18(17-14)8-11-3-2-6-16-11/h4-5,7,11,16H,2-3,6,8H2,1H3/t11-/m0/s1. The number of fused-ring (bicyclic) bond motifs is 1. The van der Waals surface area contributed by atoms with Crippen molar-refractivity contribution in [1.29, 1.82) is 0 Å². The van der Waals surface area contributed by atoms with Gasteiger partial charge in [0.2, 0.25) is 0 Å². The second kappa shape index (κ2) is 4.94. The van der Waals surface area contributed by atoms with Crippen LogP contribution in [0.15, 0.2) is 18.2 Å². The fourth-order valence-corrected chi connectivity index (χ4v) is 2.84. The van der Waals surface area contributed by atoms with Crippen molar-refractivity contribution < 1.29 is 4.79 Å². The molecule has 1 aromatic heterocycles. The summed E-state index contributed by atoms with van der Waals surface area (Å²) >= 11 is 6.01. The van der Waals surface area contributed by atoms with Gasteiger partial charge >= 0.3 is 0 Å². The molecule has 0 unspecified atom stereocenters. The van der Waals surface area contributed by atoms with Gasteiger partial charge in [0.25, 0.3) is 0 Å². The molecule has 0 spiro atoms. The monoisotopic (exact) mass is 277 g/mol. The Kier molecular flexibility index (Phi) is 3.29. The number of benzene rings is 1. The summed E-state index contributed by atoms with van der Waals surface area (Å²) in [6.07, 6.45) is 2.36. The summed E-state index contributed by atoms with van der Waals surface area (Å²) in [6, 6.07) is 6.04. The number of hydrogen-bond donors (Lipinski definition) is 1. The molecule has 0 saturated carbocycles. The van der Waals surface area contributed by atoms with Crippen LogP contribution in [0.4, 0.5) is 0 Å². The lowest BCUT2D eigenvalue weighted by atomic mass is 10.1. The summed E-state index contributed by atoms with van der Waals surface area (Å²) in [5.41, 5.74) is 1.48. The Hall–Kier alpha value is -1.39. The maximum atomic E-state index is 11.7. The molecule has 2 aromatic rings. The Balaban J connectivity index is 2.06. The van der Waals surface area contributed by atoms with Gasteiger partial charge in [-0.05, 0) is 37.6 Å².